The van der Waals surface area contributed by atoms with Crippen LogP contribution in [0.5, 0.6) is 0 Å². The quantitative estimate of drug-likeness (QED) is 0.214. The van der Waals surface area contributed by atoms with Crippen molar-refractivity contribution in [2.24, 2.45) is 0 Å². The third-order valence-corrected chi connectivity index (χ3v) is 9.43. The van der Waals surface area contributed by atoms with Crippen LogP contribution in [0.1, 0.15) is 25.0 Å². The molecule has 1 aliphatic rings. The lowest BCUT2D eigenvalue weighted by Gasteiger charge is -2.21. The molecule has 2 heterocycles. The Bertz CT molecular complexity index is 2400. The van der Waals surface area contributed by atoms with Crippen molar-refractivity contribution < 1.29 is 0 Å². The molecule has 0 saturated heterocycles. The molecule has 0 fully saturated rings. The van der Waals surface area contributed by atoms with Crippen molar-refractivity contribution in [1.29, 1.82) is 0 Å². The van der Waals surface area contributed by atoms with E-state index in [1.54, 1.807) is 0 Å². The summed E-state index contributed by atoms with van der Waals surface area (Å²) in [7, 11) is 0. The summed E-state index contributed by atoms with van der Waals surface area (Å²) in [5.74, 6) is 0.683. The summed E-state index contributed by atoms with van der Waals surface area (Å²) in [5, 5.41) is 3.48. The van der Waals surface area contributed by atoms with Crippen molar-refractivity contribution >= 4 is 32.7 Å². The van der Waals surface area contributed by atoms with E-state index in [2.05, 4.69) is 158 Å². The number of aromatic nitrogens is 3. The highest BCUT2D eigenvalue weighted by Crippen LogP contribution is 2.50. The first-order chi connectivity index (χ1) is 21.6. The third-order valence-electron chi connectivity index (χ3n) is 9.43. The summed E-state index contributed by atoms with van der Waals surface area (Å²) in [6, 6.07) is 49.8. The zero-order valence-electron chi connectivity index (χ0n) is 24.6. The van der Waals surface area contributed by atoms with Gasteiger partial charge in [0, 0.05) is 27.1 Å². The molecule has 0 saturated carbocycles. The predicted molar refractivity (Wildman–Crippen MR) is 182 cm³/mol. The molecule has 0 atom stereocenters. The zero-order chi connectivity index (χ0) is 29.4. The van der Waals surface area contributed by atoms with Gasteiger partial charge in [0.15, 0.2) is 0 Å². The lowest BCUT2D eigenvalue weighted by atomic mass is 9.82. The van der Waals surface area contributed by atoms with Crippen molar-refractivity contribution in [2.45, 2.75) is 19.3 Å². The van der Waals surface area contributed by atoms with Crippen molar-refractivity contribution in [3.8, 4) is 39.5 Å². The molecule has 0 aliphatic heterocycles. The predicted octanol–water partition coefficient (Wildman–Crippen LogP) is 10.4. The summed E-state index contributed by atoms with van der Waals surface area (Å²) in [5.41, 5.74) is 12.8. The van der Waals surface area contributed by atoms with Crippen molar-refractivity contribution in [1.82, 2.24) is 14.5 Å². The van der Waals surface area contributed by atoms with Crippen LogP contribution in [0.15, 0.2) is 140 Å². The van der Waals surface area contributed by atoms with Gasteiger partial charge in [0.25, 0.3) is 0 Å². The van der Waals surface area contributed by atoms with Gasteiger partial charge in [-0.15, -0.1) is 0 Å². The van der Waals surface area contributed by atoms with Gasteiger partial charge in [-0.3, -0.25) is 4.57 Å². The second-order valence-electron chi connectivity index (χ2n) is 12.3. The highest BCUT2D eigenvalue weighted by atomic mass is 15.2. The molecule has 8 aromatic rings. The van der Waals surface area contributed by atoms with Crippen molar-refractivity contribution in [3.63, 3.8) is 0 Å². The maximum atomic E-state index is 5.33. The molecule has 6 aromatic carbocycles. The van der Waals surface area contributed by atoms with Crippen LogP contribution in [0.25, 0.3) is 72.2 Å². The summed E-state index contributed by atoms with van der Waals surface area (Å²) in [6.07, 6.45) is 0. The minimum absolute atomic E-state index is 0.0676. The topological polar surface area (TPSA) is 30.7 Å². The van der Waals surface area contributed by atoms with E-state index >= 15 is 0 Å². The Kier molecular flexibility index (Phi) is 5.24. The Morgan fingerprint density at radius 2 is 1.14 bits per heavy atom. The normalized spacial score (nSPS) is 13.4. The molecule has 0 bridgehead atoms. The smallest absolute Gasteiger partial charge is 0.235 e. The first kappa shape index (κ1) is 25.0. The molecular weight excluding hydrogens is 534 g/mol. The van der Waals surface area contributed by atoms with Crippen molar-refractivity contribution in [2.75, 3.05) is 0 Å². The molecule has 9 rings (SSSR count). The number of hydrogen-bond donors (Lipinski definition) is 0. The highest BCUT2D eigenvalue weighted by molar-refractivity contribution is 6.11. The van der Waals surface area contributed by atoms with E-state index in [0.29, 0.717) is 5.95 Å². The molecule has 44 heavy (non-hydrogen) atoms. The van der Waals surface area contributed by atoms with Gasteiger partial charge in [0.2, 0.25) is 5.95 Å². The maximum Gasteiger partial charge on any atom is 0.235 e. The molecule has 3 heteroatoms. The van der Waals surface area contributed by atoms with Gasteiger partial charge in [-0.2, -0.15) is 0 Å². The van der Waals surface area contributed by atoms with E-state index < -0.39 is 0 Å². The van der Waals surface area contributed by atoms with E-state index in [4.69, 9.17) is 9.97 Å². The van der Waals surface area contributed by atoms with E-state index in [1.165, 1.54) is 44.2 Å². The number of nitrogens with zero attached hydrogens (tertiary/aromatic N) is 3. The minimum atomic E-state index is -0.0676. The fourth-order valence-electron chi connectivity index (χ4n) is 7.21. The van der Waals surface area contributed by atoms with Crippen LogP contribution < -0.4 is 0 Å². The molecule has 0 amide bonds. The lowest BCUT2D eigenvalue weighted by molar-refractivity contribution is 0.661. The minimum Gasteiger partial charge on any atom is -0.278 e. The van der Waals surface area contributed by atoms with E-state index in [1.807, 2.05) is 0 Å². The van der Waals surface area contributed by atoms with Gasteiger partial charge in [-0.05, 0) is 57.6 Å². The fourth-order valence-corrected chi connectivity index (χ4v) is 7.21. The molecule has 3 nitrogen and oxygen atoms in total. The summed E-state index contributed by atoms with van der Waals surface area (Å²) >= 11 is 0. The van der Waals surface area contributed by atoms with Crippen molar-refractivity contribution in [3.05, 3.63) is 151 Å². The first-order valence-electron chi connectivity index (χ1n) is 15.2. The van der Waals surface area contributed by atoms with Crippen LogP contribution in [0.4, 0.5) is 0 Å². The number of rotatable bonds is 3. The van der Waals surface area contributed by atoms with Gasteiger partial charge in [0.05, 0.1) is 22.2 Å². The van der Waals surface area contributed by atoms with E-state index in [9.17, 15) is 0 Å². The van der Waals surface area contributed by atoms with Gasteiger partial charge in [0.1, 0.15) is 0 Å². The Morgan fingerprint density at radius 3 is 1.98 bits per heavy atom. The average Bonchev–Trinajstić information content (AvgIpc) is 3.52. The van der Waals surface area contributed by atoms with E-state index in [-0.39, 0.29) is 5.41 Å². The molecule has 0 spiro atoms. The molecular formula is C41H29N3. The molecule has 2 aromatic heterocycles. The Balaban J connectivity index is 1.31. The molecule has 0 radical (unpaired) electrons. The van der Waals surface area contributed by atoms with Crippen LogP contribution in [-0.2, 0) is 5.41 Å². The molecule has 0 N–H and O–H groups in total. The Hall–Kier alpha value is -5.54. The number of para-hydroxylation sites is 2. The number of fused-ring (bicyclic) bond motifs is 7. The second kappa shape index (κ2) is 9.23. The monoisotopic (exact) mass is 563 g/mol. The number of benzene rings is 6. The van der Waals surface area contributed by atoms with Crippen LogP contribution in [0, 0.1) is 0 Å². The van der Waals surface area contributed by atoms with Crippen LogP contribution in [0.3, 0.4) is 0 Å². The third kappa shape index (κ3) is 3.56. The number of hydrogen-bond acceptors (Lipinski definition) is 2. The fraction of sp³-hybridized carbons (Fsp3) is 0.0732. The summed E-state index contributed by atoms with van der Waals surface area (Å²) < 4.78 is 2.26. The molecule has 208 valence electrons. The standard InChI is InChI=1S/C41H29N3/c1-41(2)34-17-9-6-14-29(34)32-25-38-33(24-35(32)41)30-15-8-11-19-37(30)44(38)40-42-36-18-10-7-16-31(36)39(43-40)28-22-20-27(21-23-28)26-12-4-3-5-13-26/h3-25H,1-2H3. The van der Waals surface area contributed by atoms with Gasteiger partial charge >= 0.3 is 0 Å². The molecule has 0 unspecified atom stereocenters. The van der Waals surface area contributed by atoms with E-state index in [0.717, 1.165) is 33.2 Å². The largest absolute Gasteiger partial charge is 0.278 e. The first-order valence-corrected chi connectivity index (χ1v) is 15.2. The Labute approximate surface area is 256 Å². The van der Waals surface area contributed by atoms with Gasteiger partial charge < -0.3 is 0 Å². The second-order valence-corrected chi connectivity index (χ2v) is 12.3. The maximum absolute atomic E-state index is 5.33. The van der Waals surface area contributed by atoms with Gasteiger partial charge in [-0.1, -0.05) is 129 Å². The highest BCUT2D eigenvalue weighted by Gasteiger charge is 2.36. The zero-order valence-corrected chi connectivity index (χ0v) is 24.6. The molecule has 1 aliphatic carbocycles. The van der Waals surface area contributed by atoms with Crippen LogP contribution >= 0.6 is 0 Å². The average molecular weight is 564 g/mol. The summed E-state index contributed by atoms with van der Waals surface area (Å²) in [6.45, 7) is 4.68. The van der Waals surface area contributed by atoms with Gasteiger partial charge in [-0.25, -0.2) is 9.97 Å². The Morgan fingerprint density at radius 1 is 0.477 bits per heavy atom. The lowest BCUT2D eigenvalue weighted by Crippen LogP contribution is -2.14. The summed E-state index contributed by atoms with van der Waals surface area (Å²) in [4.78, 5) is 10.5. The van der Waals surface area contributed by atoms with Crippen LogP contribution in [0.2, 0.25) is 0 Å². The SMILES string of the molecule is CC1(C)c2ccccc2-c2cc3c(cc21)c1ccccc1n3-c1nc(-c2ccc(-c3ccccc3)cc2)c2ccccc2n1. The van der Waals surface area contributed by atoms with Crippen LogP contribution in [-0.4, -0.2) is 14.5 Å².